The fraction of sp³-hybridized carbons (Fsp3) is 0.571. The number of likely N-dealkylation sites (N-methyl/N-ethyl adjacent to an activating group) is 1. The summed E-state index contributed by atoms with van der Waals surface area (Å²) >= 11 is 0. The van der Waals surface area contributed by atoms with Gasteiger partial charge in [-0.25, -0.2) is 0 Å². The summed E-state index contributed by atoms with van der Waals surface area (Å²) in [6.45, 7) is 4.15. The largest absolute Gasteiger partial charge is 0.322 e. The zero-order valence-electron chi connectivity index (χ0n) is 17.1. The summed E-state index contributed by atoms with van der Waals surface area (Å²) in [6, 6.07) is 5.33. The molecule has 29 heavy (non-hydrogen) atoms. The third-order valence-corrected chi connectivity index (χ3v) is 6.54. The molecule has 1 unspecified atom stereocenters. The van der Waals surface area contributed by atoms with Crippen LogP contribution in [0.2, 0.25) is 0 Å². The first-order valence-electron chi connectivity index (χ1n) is 10.2. The van der Waals surface area contributed by atoms with Gasteiger partial charge in [0, 0.05) is 43.7 Å². The highest BCUT2D eigenvalue weighted by Crippen LogP contribution is 2.28. The van der Waals surface area contributed by atoms with Gasteiger partial charge in [-0.05, 0) is 50.7 Å². The van der Waals surface area contributed by atoms with Crippen LogP contribution < -0.4 is 16.0 Å². The number of rotatable bonds is 7. The van der Waals surface area contributed by atoms with Crippen LogP contribution in [0.4, 0.5) is 0 Å². The predicted octanol–water partition coefficient (Wildman–Crippen LogP) is -0.169. The Bertz CT molecular complexity index is 834. The van der Waals surface area contributed by atoms with E-state index in [2.05, 4.69) is 41.0 Å². The second-order valence-electron chi connectivity index (χ2n) is 8.54. The molecule has 3 aliphatic heterocycles. The van der Waals surface area contributed by atoms with E-state index in [9.17, 15) is 14.4 Å². The monoisotopic (exact) mass is 399 g/mol. The first-order chi connectivity index (χ1) is 13.9. The molecule has 2 saturated heterocycles. The first-order valence-corrected chi connectivity index (χ1v) is 10.2. The highest BCUT2D eigenvalue weighted by molar-refractivity contribution is 6.05. The quantitative estimate of drug-likeness (QED) is 0.436. The van der Waals surface area contributed by atoms with Crippen molar-refractivity contribution >= 4 is 17.7 Å². The first kappa shape index (κ1) is 20.0. The van der Waals surface area contributed by atoms with Crippen LogP contribution in [0.3, 0.4) is 0 Å². The number of imide groups is 1. The fourth-order valence-electron chi connectivity index (χ4n) is 4.42. The average Bonchev–Trinajstić information content (AvgIpc) is 2.96. The molecule has 8 heteroatoms. The molecule has 0 bridgehead atoms. The third kappa shape index (κ3) is 3.80. The van der Waals surface area contributed by atoms with Gasteiger partial charge < -0.3 is 20.4 Å². The minimum atomic E-state index is -0.563. The second-order valence-corrected chi connectivity index (χ2v) is 8.54. The van der Waals surface area contributed by atoms with Gasteiger partial charge >= 0.3 is 0 Å². The maximum absolute atomic E-state index is 12.7. The maximum Gasteiger partial charge on any atom is 0.255 e. The summed E-state index contributed by atoms with van der Waals surface area (Å²) in [5, 5.41) is 9.21. The molecule has 3 amide bonds. The van der Waals surface area contributed by atoms with Crippen molar-refractivity contribution in [2.75, 3.05) is 33.7 Å². The van der Waals surface area contributed by atoms with Crippen LogP contribution in [-0.2, 0) is 22.7 Å². The minimum Gasteiger partial charge on any atom is -0.322 e. The fourth-order valence-corrected chi connectivity index (χ4v) is 4.42. The zero-order valence-corrected chi connectivity index (χ0v) is 17.1. The molecule has 1 atom stereocenters. The molecule has 3 heterocycles. The van der Waals surface area contributed by atoms with Gasteiger partial charge in [-0.2, -0.15) is 0 Å². The van der Waals surface area contributed by atoms with Crippen molar-refractivity contribution in [1.29, 1.82) is 0 Å². The minimum absolute atomic E-state index is 0.126. The van der Waals surface area contributed by atoms with E-state index in [1.165, 1.54) is 0 Å². The molecule has 0 saturated carbocycles. The molecule has 0 aromatic heterocycles. The van der Waals surface area contributed by atoms with Crippen LogP contribution in [0.25, 0.3) is 0 Å². The summed E-state index contributed by atoms with van der Waals surface area (Å²) in [6.07, 6.45) is 1.75. The highest BCUT2D eigenvalue weighted by atomic mass is 16.2. The van der Waals surface area contributed by atoms with E-state index in [0.717, 1.165) is 43.7 Å². The van der Waals surface area contributed by atoms with Gasteiger partial charge in [0.1, 0.15) is 6.04 Å². The van der Waals surface area contributed by atoms with Crippen molar-refractivity contribution in [2.24, 2.45) is 0 Å². The van der Waals surface area contributed by atoms with E-state index in [4.69, 9.17) is 0 Å². The van der Waals surface area contributed by atoms with E-state index in [-0.39, 0.29) is 29.7 Å². The van der Waals surface area contributed by atoms with Crippen molar-refractivity contribution in [1.82, 2.24) is 25.8 Å². The molecule has 3 aliphatic rings. The molecule has 0 radical (unpaired) electrons. The molecule has 1 aromatic rings. The lowest BCUT2D eigenvalue weighted by Gasteiger charge is -2.48. The van der Waals surface area contributed by atoms with Crippen LogP contribution in [0.5, 0.6) is 0 Å². The maximum atomic E-state index is 12.7. The predicted molar refractivity (Wildman–Crippen MR) is 108 cm³/mol. The molecule has 8 nitrogen and oxygen atoms in total. The van der Waals surface area contributed by atoms with E-state index in [1.807, 2.05) is 12.1 Å². The average molecular weight is 399 g/mol. The number of carbonyl (C=O) groups excluding carboxylic acids is 3. The number of hydrogen-bond acceptors (Lipinski definition) is 6. The number of hydrogen-bond donors (Lipinski definition) is 3. The normalized spacial score (nSPS) is 23.2. The molecule has 0 spiro atoms. The number of amides is 3. The number of nitrogens with one attached hydrogen (secondary N) is 3. The van der Waals surface area contributed by atoms with Crippen LogP contribution in [0.15, 0.2) is 18.2 Å². The van der Waals surface area contributed by atoms with Crippen LogP contribution >= 0.6 is 0 Å². The molecule has 3 N–H and O–H groups in total. The van der Waals surface area contributed by atoms with E-state index >= 15 is 0 Å². The van der Waals surface area contributed by atoms with Gasteiger partial charge in [0.15, 0.2) is 0 Å². The van der Waals surface area contributed by atoms with Gasteiger partial charge in [0.2, 0.25) is 11.8 Å². The van der Waals surface area contributed by atoms with Crippen LogP contribution in [0.1, 0.15) is 40.7 Å². The molecule has 1 aromatic carbocycles. The lowest BCUT2D eigenvalue weighted by Crippen LogP contribution is -2.67. The Morgan fingerprint density at radius 3 is 2.69 bits per heavy atom. The number of fused-ring (bicyclic) bond motifs is 1. The highest BCUT2D eigenvalue weighted by Gasteiger charge is 2.39. The number of piperidine rings is 1. The van der Waals surface area contributed by atoms with Crippen molar-refractivity contribution in [3.05, 3.63) is 34.9 Å². The van der Waals surface area contributed by atoms with Gasteiger partial charge in [-0.3, -0.25) is 19.7 Å². The Hall–Kier alpha value is -2.29. The molecule has 0 aliphatic carbocycles. The van der Waals surface area contributed by atoms with Crippen LogP contribution in [0, 0.1) is 0 Å². The van der Waals surface area contributed by atoms with Crippen molar-refractivity contribution in [3.8, 4) is 0 Å². The van der Waals surface area contributed by atoms with Crippen molar-refractivity contribution in [3.63, 3.8) is 0 Å². The van der Waals surface area contributed by atoms with Gasteiger partial charge in [0.25, 0.3) is 5.91 Å². The Labute approximate surface area is 171 Å². The number of benzene rings is 1. The van der Waals surface area contributed by atoms with Crippen molar-refractivity contribution < 1.29 is 14.4 Å². The van der Waals surface area contributed by atoms with Gasteiger partial charge in [-0.15, -0.1) is 0 Å². The van der Waals surface area contributed by atoms with E-state index < -0.39 is 6.04 Å². The summed E-state index contributed by atoms with van der Waals surface area (Å²) in [5.74, 6) is -0.762. The van der Waals surface area contributed by atoms with Gasteiger partial charge in [0.05, 0.1) is 0 Å². The zero-order chi connectivity index (χ0) is 20.6. The summed E-state index contributed by atoms with van der Waals surface area (Å²) in [7, 11) is 4.26. The van der Waals surface area contributed by atoms with E-state index in [1.54, 1.807) is 4.90 Å². The third-order valence-electron chi connectivity index (χ3n) is 6.54. The molecule has 156 valence electrons. The van der Waals surface area contributed by atoms with E-state index in [0.29, 0.717) is 18.5 Å². The Morgan fingerprint density at radius 2 is 2.03 bits per heavy atom. The lowest BCUT2D eigenvalue weighted by atomic mass is 9.87. The molecular formula is C21H29N5O3. The molecular weight excluding hydrogens is 370 g/mol. The van der Waals surface area contributed by atoms with Crippen molar-refractivity contribution in [2.45, 2.75) is 43.9 Å². The number of carbonyl (C=O) groups is 3. The summed E-state index contributed by atoms with van der Waals surface area (Å²) in [5.41, 5.74) is 2.99. The Morgan fingerprint density at radius 1 is 1.24 bits per heavy atom. The van der Waals surface area contributed by atoms with Gasteiger partial charge in [-0.1, -0.05) is 12.1 Å². The molecule has 2 fully saturated rings. The standard InChI is InChI=1S/C21H29N5O3/c1-25(2)21(12-23-13-21)7-8-22-10-14-3-4-16-15(9-14)11-26(20(16)29)17-5-6-18(27)24-19(17)28/h3-4,9,17,22-23H,5-8,10-13H2,1-2H3,(H,24,27,28). The van der Waals surface area contributed by atoms with Crippen LogP contribution in [-0.4, -0.2) is 72.8 Å². The molecule has 4 rings (SSSR count). The Balaban J connectivity index is 1.34. The SMILES string of the molecule is CN(C)C1(CCNCc2ccc3c(c2)CN(C2CCC(=O)NC2=O)C3=O)CNC1. The second kappa shape index (κ2) is 7.85. The Kier molecular flexibility index (Phi) is 5.42. The topological polar surface area (TPSA) is 93.8 Å². The lowest BCUT2D eigenvalue weighted by molar-refractivity contribution is -0.136. The number of nitrogens with zero attached hydrogens (tertiary/aromatic N) is 2. The summed E-state index contributed by atoms with van der Waals surface area (Å²) < 4.78 is 0. The smallest absolute Gasteiger partial charge is 0.255 e. The summed E-state index contributed by atoms with van der Waals surface area (Å²) in [4.78, 5) is 40.2.